The molecule has 0 spiro atoms. The Labute approximate surface area is 115 Å². The molecule has 0 aliphatic heterocycles. The first-order valence-electron chi connectivity index (χ1n) is 7.13. The van der Waals surface area contributed by atoms with Crippen LogP contribution in [0.4, 0.5) is 0 Å². The summed E-state index contributed by atoms with van der Waals surface area (Å²) in [5.41, 5.74) is 0. The van der Waals surface area contributed by atoms with Crippen LogP contribution in [0.2, 0.25) is 0 Å². The second-order valence-corrected chi connectivity index (χ2v) is 6.66. The van der Waals surface area contributed by atoms with Gasteiger partial charge in [-0.05, 0) is 32.1 Å². The quantitative estimate of drug-likeness (QED) is 0.712. The molecular formula is C15H26O2S. The van der Waals surface area contributed by atoms with E-state index in [1.165, 1.54) is 32.1 Å². The molecule has 1 rings (SSSR count). The number of rotatable bonds is 7. The summed E-state index contributed by atoms with van der Waals surface area (Å²) in [6.07, 6.45) is 9.77. The molecule has 0 amide bonds. The van der Waals surface area contributed by atoms with Gasteiger partial charge in [0.05, 0.1) is 6.10 Å². The number of carbonyl (C=O) groups excluding carboxylic acids is 1. The van der Waals surface area contributed by atoms with Crippen molar-refractivity contribution < 1.29 is 9.90 Å². The predicted molar refractivity (Wildman–Crippen MR) is 78.7 cm³/mol. The van der Waals surface area contributed by atoms with Gasteiger partial charge in [0.15, 0.2) is 5.12 Å². The molecule has 1 fully saturated rings. The van der Waals surface area contributed by atoms with Gasteiger partial charge >= 0.3 is 0 Å². The van der Waals surface area contributed by atoms with E-state index < -0.39 is 0 Å². The van der Waals surface area contributed by atoms with Crippen molar-refractivity contribution in [2.45, 2.75) is 69.6 Å². The Hall–Kier alpha value is -0.280. The van der Waals surface area contributed by atoms with Crippen LogP contribution in [0.1, 0.15) is 58.3 Å². The van der Waals surface area contributed by atoms with Crippen LogP contribution in [0.25, 0.3) is 0 Å². The average molecular weight is 270 g/mol. The van der Waals surface area contributed by atoms with Crippen molar-refractivity contribution in [1.82, 2.24) is 0 Å². The molecule has 1 saturated carbocycles. The minimum Gasteiger partial charge on any atom is -0.393 e. The monoisotopic (exact) mass is 270 g/mol. The van der Waals surface area contributed by atoms with E-state index >= 15 is 0 Å². The number of thioether (sulfide) groups is 1. The van der Waals surface area contributed by atoms with Crippen LogP contribution >= 0.6 is 11.8 Å². The van der Waals surface area contributed by atoms with Crippen molar-refractivity contribution in [2.24, 2.45) is 5.92 Å². The summed E-state index contributed by atoms with van der Waals surface area (Å²) < 4.78 is 0. The van der Waals surface area contributed by atoms with Gasteiger partial charge in [-0.25, -0.2) is 0 Å². The fraction of sp³-hybridized carbons (Fsp3) is 0.800. The summed E-state index contributed by atoms with van der Waals surface area (Å²) in [7, 11) is 0. The first kappa shape index (κ1) is 15.8. The Morgan fingerprint density at radius 2 is 2.06 bits per heavy atom. The van der Waals surface area contributed by atoms with E-state index in [2.05, 4.69) is 6.58 Å². The summed E-state index contributed by atoms with van der Waals surface area (Å²) in [6.45, 7) is 5.59. The zero-order chi connectivity index (χ0) is 13.4. The molecule has 0 aromatic heterocycles. The predicted octanol–water partition coefficient (Wildman–Crippen LogP) is 3.93. The second kappa shape index (κ2) is 8.76. The molecule has 0 saturated heterocycles. The van der Waals surface area contributed by atoms with Crippen molar-refractivity contribution in [3.05, 3.63) is 12.7 Å². The molecule has 1 unspecified atom stereocenters. The molecule has 104 valence electrons. The SMILES string of the molecule is C=CC[C@H](O)CCC(C)C(=O)SC1CCCCC1. The van der Waals surface area contributed by atoms with Gasteiger partial charge in [0, 0.05) is 11.2 Å². The lowest BCUT2D eigenvalue weighted by molar-refractivity contribution is -0.114. The molecule has 3 heteroatoms. The van der Waals surface area contributed by atoms with Crippen LogP contribution in [-0.2, 0) is 4.79 Å². The van der Waals surface area contributed by atoms with E-state index in [0.717, 1.165) is 6.42 Å². The number of aliphatic hydroxyl groups is 1. The minimum atomic E-state index is -0.336. The maximum Gasteiger partial charge on any atom is 0.192 e. The van der Waals surface area contributed by atoms with Gasteiger partial charge in [-0.1, -0.05) is 44.0 Å². The van der Waals surface area contributed by atoms with Gasteiger partial charge in [0.1, 0.15) is 0 Å². The van der Waals surface area contributed by atoms with Crippen LogP contribution < -0.4 is 0 Å². The van der Waals surface area contributed by atoms with Gasteiger partial charge in [0.2, 0.25) is 0 Å². The lowest BCUT2D eigenvalue weighted by atomic mass is 10.0. The molecule has 18 heavy (non-hydrogen) atoms. The highest BCUT2D eigenvalue weighted by Crippen LogP contribution is 2.31. The lowest BCUT2D eigenvalue weighted by Crippen LogP contribution is -2.17. The Morgan fingerprint density at radius 1 is 1.39 bits per heavy atom. The largest absolute Gasteiger partial charge is 0.393 e. The lowest BCUT2D eigenvalue weighted by Gasteiger charge is -2.21. The van der Waals surface area contributed by atoms with Crippen LogP contribution in [0.15, 0.2) is 12.7 Å². The Kier molecular flexibility index (Phi) is 7.68. The van der Waals surface area contributed by atoms with Gasteiger partial charge in [0.25, 0.3) is 0 Å². The molecule has 1 aliphatic rings. The molecular weight excluding hydrogens is 244 g/mol. The van der Waals surface area contributed by atoms with Gasteiger partial charge < -0.3 is 5.11 Å². The maximum absolute atomic E-state index is 12.0. The molecule has 0 aromatic carbocycles. The molecule has 2 nitrogen and oxygen atoms in total. The topological polar surface area (TPSA) is 37.3 Å². The van der Waals surface area contributed by atoms with E-state index in [9.17, 15) is 9.90 Å². The first-order valence-corrected chi connectivity index (χ1v) is 8.01. The third-order valence-electron chi connectivity index (χ3n) is 3.61. The second-order valence-electron chi connectivity index (χ2n) is 5.35. The smallest absolute Gasteiger partial charge is 0.192 e. The summed E-state index contributed by atoms with van der Waals surface area (Å²) in [5, 5.41) is 10.5. The normalized spacial score (nSPS) is 20.3. The molecule has 1 N–H and O–H groups in total. The minimum absolute atomic E-state index is 0.0661. The average Bonchev–Trinajstić information content (AvgIpc) is 2.37. The van der Waals surface area contributed by atoms with Crippen LogP contribution in [0.5, 0.6) is 0 Å². The van der Waals surface area contributed by atoms with E-state index in [4.69, 9.17) is 0 Å². The summed E-state index contributed by atoms with van der Waals surface area (Å²) in [6, 6.07) is 0. The van der Waals surface area contributed by atoms with Crippen molar-refractivity contribution in [3.63, 3.8) is 0 Å². The number of hydrogen-bond acceptors (Lipinski definition) is 3. The highest BCUT2D eigenvalue weighted by Gasteiger charge is 2.21. The highest BCUT2D eigenvalue weighted by molar-refractivity contribution is 8.14. The molecule has 0 bridgehead atoms. The molecule has 0 heterocycles. The van der Waals surface area contributed by atoms with Crippen molar-refractivity contribution in [1.29, 1.82) is 0 Å². The Bertz CT molecular complexity index is 259. The van der Waals surface area contributed by atoms with Crippen LogP contribution in [-0.4, -0.2) is 21.6 Å². The van der Waals surface area contributed by atoms with Crippen LogP contribution in [0, 0.1) is 5.92 Å². The van der Waals surface area contributed by atoms with Gasteiger partial charge in [-0.3, -0.25) is 4.79 Å². The van der Waals surface area contributed by atoms with E-state index in [1.54, 1.807) is 17.8 Å². The highest BCUT2D eigenvalue weighted by atomic mass is 32.2. The van der Waals surface area contributed by atoms with Crippen molar-refractivity contribution in [2.75, 3.05) is 0 Å². The fourth-order valence-corrected chi connectivity index (χ4v) is 3.58. The Morgan fingerprint density at radius 3 is 2.67 bits per heavy atom. The molecule has 0 aromatic rings. The first-order chi connectivity index (χ1) is 8.63. The van der Waals surface area contributed by atoms with E-state index in [-0.39, 0.29) is 12.0 Å². The third kappa shape index (κ3) is 6.05. The standard InChI is InChI=1S/C15H26O2S/c1-3-7-13(16)11-10-12(2)15(17)18-14-8-5-4-6-9-14/h3,12-14,16H,1,4-11H2,2H3/t12?,13-/m0/s1. The van der Waals surface area contributed by atoms with E-state index in [1.807, 2.05) is 6.92 Å². The van der Waals surface area contributed by atoms with Crippen LogP contribution in [0.3, 0.4) is 0 Å². The summed E-state index contributed by atoms with van der Waals surface area (Å²) in [4.78, 5) is 12.0. The fourth-order valence-electron chi connectivity index (χ4n) is 2.33. The number of carbonyl (C=O) groups is 1. The van der Waals surface area contributed by atoms with E-state index in [0.29, 0.717) is 23.2 Å². The third-order valence-corrected chi connectivity index (χ3v) is 5.05. The Balaban J connectivity index is 2.21. The summed E-state index contributed by atoms with van der Waals surface area (Å²) in [5.74, 6) is 0.0661. The summed E-state index contributed by atoms with van der Waals surface area (Å²) >= 11 is 1.55. The zero-order valence-electron chi connectivity index (χ0n) is 11.4. The van der Waals surface area contributed by atoms with Crippen molar-refractivity contribution in [3.8, 4) is 0 Å². The molecule has 1 aliphatic carbocycles. The molecule has 2 atom stereocenters. The van der Waals surface area contributed by atoms with Gasteiger partial charge in [-0.15, -0.1) is 6.58 Å². The zero-order valence-corrected chi connectivity index (χ0v) is 12.3. The number of aliphatic hydroxyl groups excluding tert-OH is 1. The number of hydrogen-bond donors (Lipinski definition) is 1. The van der Waals surface area contributed by atoms with Crippen molar-refractivity contribution >= 4 is 16.9 Å². The maximum atomic E-state index is 12.0. The van der Waals surface area contributed by atoms with Gasteiger partial charge in [-0.2, -0.15) is 0 Å². The molecule has 0 radical (unpaired) electrons.